The van der Waals surface area contributed by atoms with Crippen molar-refractivity contribution < 1.29 is 9.53 Å². The molecule has 1 atom stereocenters. The Morgan fingerprint density at radius 2 is 2.19 bits per heavy atom. The number of aryl methyl sites for hydroxylation is 3. The van der Waals surface area contributed by atoms with Crippen molar-refractivity contribution in [2.24, 2.45) is 7.05 Å². The normalized spacial score (nSPS) is 14.4. The molecule has 2 aromatic heterocycles. The van der Waals surface area contributed by atoms with Gasteiger partial charge < -0.3 is 15.4 Å². The maximum atomic E-state index is 12.5. The second-order valence-corrected chi connectivity index (χ2v) is 8.31. The Morgan fingerprint density at radius 3 is 2.85 bits per heavy atom. The van der Waals surface area contributed by atoms with Crippen molar-refractivity contribution in [3.63, 3.8) is 0 Å². The number of nitrogens with one attached hydrogen (secondary N) is 2. The van der Waals surface area contributed by atoms with Crippen LogP contribution in [-0.2, 0) is 24.6 Å². The summed E-state index contributed by atoms with van der Waals surface area (Å²) >= 11 is 7.14. The minimum absolute atomic E-state index is 0.0133. The number of fused-ring (bicyclic) bond motifs is 1. The summed E-state index contributed by atoms with van der Waals surface area (Å²) in [5.74, 6) is -0.265. The Bertz CT molecular complexity index is 856. The van der Waals surface area contributed by atoms with Crippen LogP contribution in [-0.4, -0.2) is 27.5 Å². The molecule has 0 radical (unpaired) electrons. The molecule has 2 heterocycles. The van der Waals surface area contributed by atoms with E-state index in [2.05, 4.69) is 15.7 Å². The summed E-state index contributed by atoms with van der Waals surface area (Å²) in [4.78, 5) is 13.8. The van der Waals surface area contributed by atoms with Crippen LogP contribution >= 0.6 is 23.6 Å². The largest absolute Gasteiger partial charge is 0.462 e. The number of carbonyl (C=O) groups is 1. The van der Waals surface area contributed by atoms with Crippen molar-refractivity contribution >= 4 is 39.6 Å². The van der Waals surface area contributed by atoms with Crippen molar-refractivity contribution in [1.29, 1.82) is 0 Å². The quantitative estimate of drug-likeness (QED) is 0.580. The van der Waals surface area contributed by atoms with E-state index in [-0.39, 0.29) is 12.0 Å². The Balaban J connectivity index is 1.78. The van der Waals surface area contributed by atoms with E-state index in [1.54, 1.807) is 16.0 Å². The summed E-state index contributed by atoms with van der Waals surface area (Å²) < 4.78 is 7.09. The average molecular weight is 407 g/mol. The fourth-order valence-electron chi connectivity index (χ4n) is 3.53. The molecular weight excluding hydrogens is 380 g/mol. The van der Waals surface area contributed by atoms with E-state index in [0.29, 0.717) is 17.3 Å². The van der Waals surface area contributed by atoms with Crippen molar-refractivity contribution in [3.8, 4) is 0 Å². The number of nitrogens with zero attached hydrogens (tertiary/aromatic N) is 2. The summed E-state index contributed by atoms with van der Waals surface area (Å²) in [7, 11) is 1.90. The van der Waals surface area contributed by atoms with Crippen LogP contribution in [0.4, 0.5) is 5.00 Å². The second-order valence-electron chi connectivity index (χ2n) is 6.80. The van der Waals surface area contributed by atoms with Gasteiger partial charge in [0.05, 0.1) is 23.9 Å². The summed E-state index contributed by atoms with van der Waals surface area (Å²) in [5.41, 5.74) is 3.86. The zero-order valence-corrected chi connectivity index (χ0v) is 17.9. The van der Waals surface area contributed by atoms with E-state index < -0.39 is 0 Å². The van der Waals surface area contributed by atoms with Gasteiger partial charge in [0.2, 0.25) is 0 Å². The molecule has 0 saturated carbocycles. The predicted molar refractivity (Wildman–Crippen MR) is 113 cm³/mol. The number of esters is 1. The van der Waals surface area contributed by atoms with Gasteiger partial charge in [-0.2, -0.15) is 5.10 Å². The first-order chi connectivity index (χ1) is 12.9. The molecule has 27 heavy (non-hydrogen) atoms. The SMILES string of the molecule is CCOC(=O)c1c(NC(=S)NC(C)c2cn(C)nc2C)sc2c1CCCC2. The number of anilines is 1. The molecule has 1 unspecified atom stereocenters. The van der Waals surface area contributed by atoms with Crippen LogP contribution < -0.4 is 10.6 Å². The summed E-state index contributed by atoms with van der Waals surface area (Å²) in [6.45, 7) is 6.22. The molecule has 0 fully saturated rings. The molecule has 0 amide bonds. The smallest absolute Gasteiger partial charge is 0.341 e. The number of hydrogen-bond acceptors (Lipinski definition) is 5. The third-order valence-electron chi connectivity index (χ3n) is 4.74. The highest BCUT2D eigenvalue weighted by Gasteiger charge is 2.27. The lowest BCUT2D eigenvalue weighted by atomic mass is 9.95. The molecule has 2 aromatic rings. The molecule has 146 valence electrons. The van der Waals surface area contributed by atoms with Crippen molar-refractivity contribution in [2.45, 2.75) is 52.5 Å². The predicted octanol–water partition coefficient (Wildman–Crippen LogP) is 3.89. The first-order valence-electron chi connectivity index (χ1n) is 9.30. The minimum Gasteiger partial charge on any atom is -0.462 e. The number of aromatic nitrogens is 2. The highest BCUT2D eigenvalue weighted by Crippen LogP contribution is 2.38. The van der Waals surface area contributed by atoms with Crippen LogP contribution in [0.1, 0.15) is 64.8 Å². The van der Waals surface area contributed by atoms with Crippen molar-refractivity contribution in [1.82, 2.24) is 15.1 Å². The van der Waals surface area contributed by atoms with Gasteiger partial charge in [0.25, 0.3) is 0 Å². The number of carbonyl (C=O) groups excluding carboxylic acids is 1. The highest BCUT2D eigenvalue weighted by molar-refractivity contribution is 7.80. The van der Waals surface area contributed by atoms with Gasteiger partial charge >= 0.3 is 5.97 Å². The van der Waals surface area contributed by atoms with Gasteiger partial charge in [-0.25, -0.2) is 4.79 Å². The number of rotatable bonds is 5. The van der Waals surface area contributed by atoms with Crippen LogP contribution in [0.25, 0.3) is 0 Å². The third kappa shape index (κ3) is 4.32. The number of ether oxygens (including phenoxy) is 1. The van der Waals surface area contributed by atoms with Gasteiger partial charge in [0, 0.05) is 23.7 Å². The fourth-order valence-corrected chi connectivity index (χ4v) is 5.16. The second kappa shape index (κ2) is 8.39. The van der Waals surface area contributed by atoms with Crippen molar-refractivity contribution in [3.05, 3.63) is 33.5 Å². The van der Waals surface area contributed by atoms with Gasteiger partial charge in [-0.3, -0.25) is 4.68 Å². The lowest BCUT2D eigenvalue weighted by Crippen LogP contribution is -2.31. The zero-order valence-electron chi connectivity index (χ0n) is 16.2. The van der Waals surface area contributed by atoms with Gasteiger partial charge in [0.15, 0.2) is 5.11 Å². The lowest BCUT2D eigenvalue weighted by molar-refractivity contribution is 0.0526. The van der Waals surface area contributed by atoms with Crippen LogP contribution in [0.2, 0.25) is 0 Å². The van der Waals surface area contributed by atoms with Crippen LogP contribution in [0.15, 0.2) is 6.20 Å². The van der Waals surface area contributed by atoms with E-state index in [1.807, 2.05) is 34.0 Å². The lowest BCUT2D eigenvalue weighted by Gasteiger charge is -2.17. The standard InChI is InChI=1S/C19H26N4O2S2/c1-5-25-18(24)16-13-8-6-7-9-15(13)27-17(16)21-19(26)20-11(2)14-10-23(4)22-12(14)3/h10-11H,5-9H2,1-4H3,(H2,20,21,26). The minimum atomic E-state index is -0.265. The Labute approximate surface area is 169 Å². The monoisotopic (exact) mass is 406 g/mol. The number of thiophene rings is 1. The first-order valence-corrected chi connectivity index (χ1v) is 10.5. The molecule has 0 bridgehead atoms. The molecule has 2 N–H and O–H groups in total. The maximum Gasteiger partial charge on any atom is 0.341 e. The Morgan fingerprint density at radius 1 is 1.44 bits per heavy atom. The summed E-state index contributed by atoms with van der Waals surface area (Å²) in [6.07, 6.45) is 6.20. The molecule has 6 nitrogen and oxygen atoms in total. The van der Waals surface area contributed by atoms with E-state index in [1.165, 1.54) is 4.88 Å². The Kier molecular flexibility index (Phi) is 6.16. The molecule has 0 saturated heterocycles. The first kappa shape index (κ1) is 19.8. The van der Waals surface area contributed by atoms with Gasteiger partial charge in [0.1, 0.15) is 5.00 Å². The molecule has 0 aromatic carbocycles. The highest BCUT2D eigenvalue weighted by atomic mass is 32.1. The topological polar surface area (TPSA) is 68.2 Å². The molecular formula is C19H26N4O2S2. The molecule has 3 rings (SSSR count). The van der Waals surface area contributed by atoms with Crippen LogP contribution in [0.3, 0.4) is 0 Å². The van der Waals surface area contributed by atoms with E-state index >= 15 is 0 Å². The van der Waals surface area contributed by atoms with E-state index in [0.717, 1.165) is 47.5 Å². The van der Waals surface area contributed by atoms with E-state index in [4.69, 9.17) is 17.0 Å². The molecule has 0 aliphatic heterocycles. The Hall–Kier alpha value is -1.93. The van der Waals surface area contributed by atoms with Gasteiger partial charge in [-0.1, -0.05) is 0 Å². The number of hydrogen-bond donors (Lipinski definition) is 2. The van der Waals surface area contributed by atoms with Gasteiger partial charge in [-0.15, -0.1) is 11.3 Å². The van der Waals surface area contributed by atoms with Crippen LogP contribution in [0.5, 0.6) is 0 Å². The van der Waals surface area contributed by atoms with Gasteiger partial charge in [-0.05, 0) is 64.2 Å². The number of thiocarbonyl (C=S) groups is 1. The molecule has 1 aliphatic rings. The molecule has 8 heteroatoms. The van der Waals surface area contributed by atoms with Crippen LogP contribution in [0, 0.1) is 6.92 Å². The molecule has 0 spiro atoms. The summed E-state index contributed by atoms with van der Waals surface area (Å²) in [6, 6.07) is 0.0133. The van der Waals surface area contributed by atoms with Crippen molar-refractivity contribution in [2.75, 3.05) is 11.9 Å². The zero-order chi connectivity index (χ0) is 19.6. The molecule has 1 aliphatic carbocycles. The fraction of sp³-hybridized carbons (Fsp3) is 0.526. The average Bonchev–Trinajstić information content (AvgIpc) is 3.13. The third-order valence-corrected chi connectivity index (χ3v) is 6.17. The summed E-state index contributed by atoms with van der Waals surface area (Å²) in [5, 5.41) is 12.2. The maximum absolute atomic E-state index is 12.5. The van der Waals surface area contributed by atoms with E-state index in [9.17, 15) is 4.79 Å².